The largest absolute Gasteiger partial charge is 0.545 e. The summed E-state index contributed by atoms with van der Waals surface area (Å²) in [6.07, 6.45) is 1.34. The zero-order valence-corrected chi connectivity index (χ0v) is 7.06. The van der Waals surface area contributed by atoms with E-state index in [9.17, 15) is 19.8 Å². The molecule has 0 saturated heterocycles. The van der Waals surface area contributed by atoms with E-state index in [-0.39, 0.29) is 0 Å². The first-order valence-corrected chi connectivity index (χ1v) is 3.36. The molecule has 0 fully saturated rings. The Labute approximate surface area is 77.7 Å². The Morgan fingerprint density at radius 3 is 1.92 bits per heavy atom. The van der Waals surface area contributed by atoms with E-state index in [0.29, 0.717) is 6.08 Å². The number of carboxylic acids is 2. The van der Waals surface area contributed by atoms with Gasteiger partial charge < -0.3 is 19.8 Å². The summed E-state index contributed by atoms with van der Waals surface area (Å²) in [6.45, 7) is 0. The molecule has 0 unspecified atom stereocenters. The van der Waals surface area contributed by atoms with E-state index in [0.717, 1.165) is 6.08 Å². The molecule has 0 aliphatic rings. The van der Waals surface area contributed by atoms with Crippen molar-refractivity contribution in [1.82, 2.24) is 0 Å². The van der Waals surface area contributed by atoms with Gasteiger partial charge in [-0.15, -0.1) is 0 Å². The Morgan fingerprint density at radius 2 is 1.58 bits per heavy atom. The van der Waals surface area contributed by atoms with Gasteiger partial charge >= 0.3 is 0 Å². The van der Waals surface area contributed by atoms with Gasteiger partial charge in [0.1, 0.15) is 0 Å². The van der Waals surface area contributed by atoms with Gasteiger partial charge in [0, 0.05) is 0 Å². The highest BCUT2D eigenvalue weighted by atomic mass is 35.5. The fourth-order valence-electron chi connectivity index (χ4n) is 0.312. The highest BCUT2D eigenvalue weighted by molar-refractivity contribution is 6.47. The molecular formula is C6H2Cl2O4-2. The minimum absolute atomic E-state index is 0.430. The monoisotopic (exact) mass is 208 g/mol. The number of hydrogen-bond acceptors (Lipinski definition) is 4. The maximum Gasteiger partial charge on any atom is 0.0844 e. The van der Waals surface area contributed by atoms with Gasteiger partial charge in [-0.2, -0.15) is 0 Å². The number of aliphatic carboxylic acids is 2. The standard InChI is InChI=1S/C6H4Cl2O4/c7-3(1-2-4(9)10)5(8)6(11)12/h1-2H,(H,9,10)(H,11,12)/p-2/b2-1-,5-3-. The van der Waals surface area contributed by atoms with Crippen molar-refractivity contribution in [2.24, 2.45) is 0 Å². The van der Waals surface area contributed by atoms with E-state index < -0.39 is 22.0 Å². The predicted molar refractivity (Wildman–Crippen MR) is 37.9 cm³/mol. The van der Waals surface area contributed by atoms with Gasteiger partial charge in [-0.1, -0.05) is 23.2 Å². The van der Waals surface area contributed by atoms with Crippen molar-refractivity contribution in [2.45, 2.75) is 0 Å². The van der Waals surface area contributed by atoms with E-state index in [2.05, 4.69) is 0 Å². The molecule has 0 atom stereocenters. The van der Waals surface area contributed by atoms with E-state index >= 15 is 0 Å². The number of allylic oxidation sites excluding steroid dienone is 2. The zero-order valence-electron chi connectivity index (χ0n) is 5.54. The predicted octanol–water partition coefficient (Wildman–Crippen LogP) is -1.27. The average molecular weight is 209 g/mol. The molecule has 0 amide bonds. The number of carboxylic acid groups (broad SMARTS) is 2. The SMILES string of the molecule is O=C([O-])/C=C\C(Cl)=C(\Cl)C(=O)[O-]. The smallest absolute Gasteiger partial charge is 0.0844 e. The molecule has 0 saturated carbocycles. The van der Waals surface area contributed by atoms with Crippen LogP contribution in [-0.4, -0.2) is 11.9 Å². The van der Waals surface area contributed by atoms with E-state index in [1.165, 1.54) is 0 Å². The summed E-state index contributed by atoms with van der Waals surface area (Å²) in [5.74, 6) is -3.18. The summed E-state index contributed by atoms with van der Waals surface area (Å²) in [4.78, 5) is 19.8. The fraction of sp³-hybridized carbons (Fsp3) is 0. The van der Waals surface area contributed by atoms with Gasteiger partial charge in [-0.3, -0.25) is 0 Å². The van der Waals surface area contributed by atoms with Crippen LogP contribution >= 0.6 is 23.2 Å². The molecule has 0 aromatic carbocycles. The van der Waals surface area contributed by atoms with Crippen LogP contribution < -0.4 is 10.2 Å². The Morgan fingerprint density at radius 1 is 1.08 bits per heavy atom. The lowest BCUT2D eigenvalue weighted by atomic mass is 10.4. The molecule has 0 heterocycles. The molecule has 0 aliphatic carbocycles. The molecule has 4 nitrogen and oxygen atoms in total. The van der Waals surface area contributed by atoms with Gasteiger partial charge in [-0.05, 0) is 12.2 Å². The Kier molecular flexibility index (Phi) is 4.39. The summed E-state index contributed by atoms with van der Waals surface area (Å²) >= 11 is 10.3. The van der Waals surface area contributed by atoms with Gasteiger partial charge in [0.2, 0.25) is 0 Å². The fourth-order valence-corrected chi connectivity index (χ4v) is 0.515. The molecule has 0 spiro atoms. The zero-order chi connectivity index (χ0) is 9.72. The number of halogens is 2. The Hall–Kier alpha value is -1.00. The third kappa shape index (κ3) is 4.00. The van der Waals surface area contributed by atoms with Gasteiger partial charge in [0.05, 0.1) is 22.0 Å². The van der Waals surface area contributed by atoms with Crippen molar-refractivity contribution >= 4 is 35.1 Å². The second kappa shape index (κ2) is 4.79. The van der Waals surface area contributed by atoms with Gasteiger partial charge in [0.15, 0.2) is 0 Å². The molecule has 0 N–H and O–H groups in total. The summed E-state index contributed by atoms with van der Waals surface area (Å²) in [5, 5.41) is 18.6. The van der Waals surface area contributed by atoms with Crippen LogP contribution in [0.2, 0.25) is 0 Å². The highest BCUT2D eigenvalue weighted by Gasteiger charge is 1.98. The van der Waals surface area contributed by atoms with E-state index in [4.69, 9.17) is 23.2 Å². The second-order valence-corrected chi connectivity index (χ2v) is 2.39. The first kappa shape index (κ1) is 11.0. The van der Waals surface area contributed by atoms with Crippen LogP contribution in [0.15, 0.2) is 22.2 Å². The molecule has 6 heteroatoms. The molecule has 0 rings (SSSR count). The quantitative estimate of drug-likeness (QED) is 0.428. The molecule has 0 aromatic rings. The van der Waals surface area contributed by atoms with Crippen LogP contribution in [0.1, 0.15) is 0 Å². The third-order valence-corrected chi connectivity index (χ3v) is 1.52. The van der Waals surface area contributed by atoms with Crippen molar-refractivity contribution in [3.8, 4) is 0 Å². The number of hydrogen-bond donors (Lipinski definition) is 0. The maximum absolute atomic E-state index is 10.0. The first-order chi connectivity index (χ1) is 5.45. The summed E-state index contributed by atoms with van der Waals surface area (Å²) in [5.41, 5.74) is 0. The van der Waals surface area contributed by atoms with Crippen molar-refractivity contribution in [2.75, 3.05) is 0 Å². The van der Waals surface area contributed by atoms with E-state index in [1.807, 2.05) is 0 Å². The highest BCUT2D eigenvalue weighted by Crippen LogP contribution is 2.13. The lowest BCUT2D eigenvalue weighted by molar-refractivity contribution is -0.299. The first-order valence-electron chi connectivity index (χ1n) is 2.61. The van der Waals surface area contributed by atoms with E-state index in [1.54, 1.807) is 0 Å². The van der Waals surface area contributed by atoms with Crippen molar-refractivity contribution in [3.63, 3.8) is 0 Å². The lowest BCUT2D eigenvalue weighted by Crippen LogP contribution is -2.22. The molecule has 0 aromatic heterocycles. The summed E-state index contributed by atoms with van der Waals surface area (Å²) in [7, 11) is 0. The van der Waals surface area contributed by atoms with Gasteiger partial charge in [0.25, 0.3) is 0 Å². The number of rotatable bonds is 3. The second-order valence-electron chi connectivity index (χ2n) is 1.60. The molecule has 0 radical (unpaired) electrons. The molecule has 0 bridgehead atoms. The van der Waals surface area contributed by atoms with Crippen LogP contribution in [0.25, 0.3) is 0 Å². The summed E-state index contributed by atoms with van der Waals surface area (Å²) in [6, 6.07) is 0. The van der Waals surface area contributed by atoms with Crippen LogP contribution in [-0.2, 0) is 9.59 Å². The van der Waals surface area contributed by atoms with Gasteiger partial charge in [-0.25, -0.2) is 0 Å². The minimum Gasteiger partial charge on any atom is -0.545 e. The van der Waals surface area contributed by atoms with Crippen LogP contribution in [0.3, 0.4) is 0 Å². The van der Waals surface area contributed by atoms with Crippen LogP contribution in [0.5, 0.6) is 0 Å². The molecule has 12 heavy (non-hydrogen) atoms. The average Bonchev–Trinajstić information content (AvgIpc) is 1.98. The van der Waals surface area contributed by atoms with Crippen molar-refractivity contribution < 1.29 is 19.8 Å². The molecule has 0 aliphatic heterocycles. The molecular weight excluding hydrogens is 207 g/mol. The Bertz CT molecular complexity index is 267. The topological polar surface area (TPSA) is 80.3 Å². The van der Waals surface area contributed by atoms with Crippen LogP contribution in [0.4, 0.5) is 0 Å². The normalized spacial score (nSPS) is 12.8. The maximum atomic E-state index is 10.0. The number of carbonyl (C=O) groups is 2. The minimum atomic E-state index is -1.68. The number of carbonyl (C=O) groups excluding carboxylic acids is 2. The van der Waals surface area contributed by atoms with Crippen molar-refractivity contribution in [1.29, 1.82) is 0 Å². The van der Waals surface area contributed by atoms with Crippen LogP contribution in [0, 0.1) is 0 Å². The molecule has 66 valence electrons. The third-order valence-electron chi connectivity index (χ3n) is 0.755. The summed E-state index contributed by atoms with van der Waals surface area (Å²) < 4.78 is 0. The van der Waals surface area contributed by atoms with Crippen molar-refractivity contribution in [3.05, 3.63) is 22.2 Å². The Balaban J connectivity index is 4.58. The lowest BCUT2D eigenvalue weighted by Gasteiger charge is -1.99.